The van der Waals surface area contributed by atoms with E-state index in [4.69, 9.17) is 5.26 Å². The molecule has 20 heavy (non-hydrogen) atoms. The molecule has 1 aliphatic carbocycles. The van der Waals surface area contributed by atoms with E-state index in [1.54, 1.807) is 24.3 Å². The third kappa shape index (κ3) is 3.71. The topological polar surface area (TPSA) is 44.1 Å². The molecular weight excluding hydrogens is 248 g/mol. The van der Waals surface area contributed by atoms with Crippen LogP contribution in [0.2, 0.25) is 0 Å². The summed E-state index contributed by atoms with van der Waals surface area (Å²) in [7, 11) is 1.88. The molecule has 1 saturated carbocycles. The lowest BCUT2D eigenvalue weighted by Crippen LogP contribution is -2.37. The van der Waals surface area contributed by atoms with Crippen LogP contribution < -0.4 is 0 Å². The molecule has 0 spiro atoms. The summed E-state index contributed by atoms with van der Waals surface area (Å²) in [6.45, 7) is 0. The van der Waals surface area contributed by atoms with Crippen LogP contribution >= 0.6 is 0 Å². The highest BCUT2D eigenvalue weighted by atomic mass is 16.2. The highest BCUT2D eigenvalue weighted by Crippen LogP contribution is 2.21. The van der Waals surface area contributed by atoms with Gasteiger partial charge < -0.3 is 4.90 Å². The maximum Gasteiger partial charge on any atom is 0.246 e. The van der Waals surface area contributed by atoms with E-state index in [2.05, 4.69) is 6.07 Å². The van der Waals surface area contributed by atoms with Crippen LogP contribution in [0.3, 0.4) is 0 Å². The molecule has 3 nitrogen and oxygen atoms in total. The van der Waals surface area contributed by atoms with Crippen LogP contribution in [0.1, 0.15) is 43.2 Å². The number of amides is 1. The van der Waals surface area contributed by atoms with Gasteiger partial charge in [-0.3, -0.25) is 4.79 Å². The summed E-state index contributed by atoms with van der Waals surface area (Å²) in [5.74, 6) is 0.0410. The minimum absolute atomic E-state index is 0.0410. The number of carbonyl (C=O) groups is 1. The summed E-state index contributed by atoms with van der Waals surface area (Å²) in [6.07, 6.45) is 9.33. The van der Waals surface area contributed by atoms with Crippen LogP contribution in [0.5, 0.6) is 0 Å². The molecule has 1 aromatic rings. The van der Waals surface area contributed by atoms with E-state index in [0.29, 0.717) is 11.6 Å². The SMILES string of the molecule is CN(C(=O)C=Cc1cccc(C#N)c1)C1CCCCC1. The lowest BCUT2D eigenvalue weighted by atomic mass is 9.94. The van der Waals surface area contributed by atoms with Gasteiger partial charge in [-0.2, -0.15) is 5.26 Å². The van der Waals surface area contributed by atoms with E-state index in [0.717, 1.165) is 18.4 Å². The van der Waals surface area contributed by atoms with Gasteiger partial charge in [0.15, 0.2) is 0 Å². The molecule has 0 aromatic heterocycles. The predicted molar refractivity (Wildman–Crippen MR) is 79.8 cm³/mol. The second-order valence-corrected chi connectivity index (χ2v) is 5.31. The maximum atomic E-state index is 12.1. The van der Waals surface area contributed by atoms with Gasteiger partial charge in [0.05, 0.1) is 11.6 Å². The minimum Gasteiger partial charge on any atom is -0.339 e. The van der Waals surface area contributed by atoms with Crippen molar-refractivity contribution in [3.05, 3.63) is 41.5 Å². The molecule has 1 aliphatic rings. The number of rotatable bonds is 3. The Morgan fingerprint density at radius 2 is 2.10 bits per heavy atom. The van der Waals surface area contributed by atoms with Crippen molar-refractivity contribution in [3.8, 4) is 6.07 Å². The van der Waals surface area contributed by atoms with Gasteiger partial charge in [-0.1, -0.05) is 31.4 Å². The van der Waals surface area contributed by atoms with Crippen molar-refractivity contribution in [2.45, 2.75) is 38.1 Å². The van der Waals surface area contributed by atoms with Crippen molar-refractivity contribution >= 4 is 12.0 Å². The third-order valence-corrected chi connectivity index (χ3v) is 3.90. The fraction of sp³-hybridized carbons (Fsp3) is 0.412. The zero-order valence-electron chi connectivity index (χ0n) is 11.9. The van der Waals surface area contributed by atoms with Crippen molar-refractivity contribution in [1.29, 1.82) is 5.26 Å². The molecule has 1 aromatic carbocycles. The molecule has 0 bridgehead atoms. The van der Waals surface area contributed by atoms with E-state index < -0.39 is 0 Å². The summed E-state index contributed by atoms with van der Waals surface area (Å²) < 4.78 is 0. The Labute approximate surface area is 120 Å². The first-order chi connectivity index (χ1) is 9.70. The van der Waals surface area contributed by atoms with E-state index in [-0.39, 0.29) is 5.91 Å². The number of likely N-dealkylation sites (N-methyl/N-ethyl adjacent to an activating group) is 1. The molecule has 0 unspecified atom stereocenters. The molecular formula is C17H20N2O. The van der Waals surface area contributed by atoms with Crippen molar-refractivity contribution in [2.75, 3.05) is 7.05 Å². The van der Waals surface area contributed by atoms with Crippen LogP contribution in [0, 0.1) is 11.3 Å². The van der Waals surface area contributed by atoms with Crippen molar-refractivity contribution < 1.29 is 4.79 Å². The van der Waals surface area contributed by atoms with Crippen LogP contribution in [0.4, 0.5) is 0 Å². The summed E-state index contributed by atoms with van der Waals surface area (Å²) in [5.41, 5.74) is 1.50. The van der Waals surface area contributed by atoms with Crippen LogP contribution in [0.25, 0.3) is 6.08 Å². The van der Waals surface area contributed by atoms with Gasteiger partial charge in [0.2, 0.25) is 5.91 Å². The van der Waals surface area contributed by atoms with E-state index in [1.165, 1.54) is 19.3 Å². The molecule has 3 heteroatoms. The molecule has 2 rings (SSSR count). The van der Waals surface area contributed by atoms with Gasteiger partial charge in [-0.05, 0) is 36.6 Å². The van der Waals surface area contributed by atoms with Gasteiger partial charge in [-0.15, -0.1) is 0 Å². The number of hydrogen-bond donors (Lipinski definition) is 0. The molecule has 0 radical (unpaired) electrons. The summed E-state index contributed by atoms with van der Waals surface area (Å²) in [4.78, 5) is 14.0. The Bertz CT molecular complexity index is 536. The van der Waals surface area contributed by atoms with Crippen molar-refractivity contribution in [2.24, 2.45) is 0 Å². The first kappa shape index (κ1) is 14.3. The number of carbonyl (C=O) groups excluding carboxylic acids is 1. The maximum absolute atomic E-state index is 12.1. The standard InChI is InChI=1S/C17H20N2O/c1-19(16-8-3-2-4-9-16)17(20)11-10-14-6-5-7-15(12-14)13-18/h5-7,10-12,16H,2-4,8-9H2,1H3. The lowest BCUT2D eigenvalue weighted by Gasteiger charge is -2.30. The fourth-order valence-electron chi connectivity index (χ4n) is 2.65. The van der Waals surface area contributed by atoms with E-state index in [9.17, 15) is 4.79 Å². The monoisotopic (exact) mass is 268 g/mol. The summed E-state index contributed by atoms with van der Waals surface area (Å²) >= 11 is 0. The molecule has 0 heterocycles. The van der Waals surface area contributed by atoms with Crippen LogP contribution in [0.15, 0.2) is 30.3 Å². The molecule has 0 saturated heterocycles. The Morgan fingerprint density at radius 1 is 1.35 bits per heavy atom. The van der Waals surface area contributed by atoms with E-state index >= 15 is 0 Å². The van der Waals surface area contributed by atoms with Crippen LogP contribution in [-0.4, -0.2) is 23.9 Å². The molecule has 104 valence electrons. The zero-order valence-corrected chi connectivity index (χ0v) is 11.9. The normalized spacial score (nSPS) is 16.0. The second-order valence-electron chi connectivity index (χ2n) is 5.31. The van der Waals surface area contributed by atoms with Crippen molar-refractivity contribution in [3.63, 3.8) is 0 Å². The van der Waals surface area contributed by atoms with Gasteiger partial charge in [-0.25, -0.2) is 0 Å². The Balaban J connectivity index is 1.99. The molecule has 0 N–H and O–H groups in total. The van der Waals surface area contributed by atoms with Gasteiger partial charge >= 0.3 is 0 Å². The minimum atomic E-state index is 0.0410. The number of hydrogen-bond acceptors (Lipinski definition) is 2. The first-order valence-corrected chi connectivity index (χ1v) is 7.16. The Morgan fingerprint density at radius 3 is 2.80 bits per heavy atom. The van der Waals surface area contributed by atoms with Gasteiger partial charge in [0.25, 0.3) is 0 Å². The number of nitriles is 1. The Kier molecular flexibility index (Phi) is 4.95. The van der Waals surface area contributed by atoms with Crippen LogP contribution in [-0.2, 0) is 4.79 Å². The van der Waals surface area contributed by atoms with Gasteiger partial charge in [0, 0.05) is 19.2 Å². The highest BCUT2D eigenvalue weighted by molar-refractivity contribution is 5.91. The third-order valence-electron chi connectivity index (χ3n) is 3.90. The number of benzene rings is 1. The van der Waals surface area contributed by atoms with Gasteiger partial charge in [0.1, 0.15) is 0 Å². The number of nitrogens with zero attached hydrogens (tertiary/aromatic N) is 2. The van der Waals surface area contributed by atoms with E-state index in [1.807, 2.05) is 24.1 Å². The fourth-order valence-corrected chi connectivity index (χ4v) is 2.65. The quantitative estimate of drug-likeness (QED) is 0.789. The predicted octanol–water partition coefficient (Wildman–Crippen LogP) is 3.36. The smallest absolute Gasteiger partial charge is 0.246 e. The second kappa shape index (κ2) is 6.91. The first-order valence-electron chi connectivity index (χ1n) is 7.16. The lowest BCUT2D eigenvalue weighted by molar-refractivity contribution is -0.127. The molecule has 0 atom stereocenters. The summed E-state index contributed by atoms with van der Waals surface area (Å²) in [6, 6.07) is 9.74. The highest BCUT2D eigenvalue weighted by Gasteiger charge is 2.20. The Hall–Kier alpha value is -2.08. The molecule has 1 fully saturated rings. The molecule has 1 amide bonds. The average Bonchev–Trinajstić information content (AvgIpc) is 2.53. The summed E-state index contributed by atoms with van der Waals surface area (Å²) in [5, 5.41) is 8.85. The van der Waals surface area contributed by atoms with Crippen molar-refractivity contribution in [1.82, 2.24) is 4.90 Å². The zero-order chi connectivity index (χ0) is 14.4. The average molecular weight is 268 g/mol. The molecule has 0 aliphatic heterocycles. The largest absolute Gasteiger partial charge is 0.339 e.